The molecule has 0 atom stereocenters. The highest BCUT2D eigenvalue weighted by Crippen LogP contribution is 2.28. The normalized spacial score (nSPS) is 14.0. The second-order valence-electron chi connectivity index (χ2n) is 5.25. The number of hydrogen-bond donors (Lipinski definition) is 3. The van der Waals surface area contributed by atoms with E-state index in [1.165, 1.54) is 0 Å². The summed E-state index contributed by atoms with van der Waals surface area (Å²) in [6.45, 7) is 4.98. The first-order chi connectivity index (χ1) is 11.3. The Hall–Kier alpha value is -0.550. The number of nitrogens with zero attached hydrogens (tertiary/aromatic N) is 2. The van der Waals surface area contributed by atoms with Crippen molar-refractivity contribution in [2.45, 2.75) is 30.5 Å². The van der Waals surface area contributed by atoms with Crippen LogP contribution in [-0.4, -0.2) is 48.8 Å². The fraction of sp³-hybridized carbons (Fsp3) is 0.667. The van der Waals surface area contributed by atoms with Crippen molar-refractivity contribution < 1.29 is 4.79 Å². The summed E-state index contributed by atoms with van der Waals surface area (Å²) in [7, 11) is 0. The van der Waals surface area contributed by atoms with E-state index in [1.54, 1.807) is 23.1 Å². The standard InChI is InChI=1S/C15H25N5OS2.HI/c1-2-16-14(19-8-7-17-13(21)12-4-5-12)18-6-3-10-22-15-20-9-11-23-15;/h9,11-12H,2-8,10H2,1H3,(H,17,21)(H2,16,18,19);1H. The van der Waals surface area contributed by atoms with Crippen LogP contribution in [0.4, 0.5) is 0 Å². The number of rotatable bonds is 10. The molecule has 1 aromatic heterocycles. The van der Waals surface area contributed by atoms with Crippen LogP contribution in [0, 0.1) is 5.92 Å². The summed E-state index contributed by atoms with van der Waals surface area (Å²) in [5.74, 6) is 2.29. The highest BCUT2D eigenvalue weighted by molar-refractivity contribution is 14.0. The third-order valence-electron chi connectivity index (χ3n) is 3.22. The molecule has 24 heavy (non-hydrogen) atoms. The third kappa shape index (κ3) is 9.07. The van der Waals surface area contributed by atoms with Crippen LogP contribution in [0.1, 0.15) is 26.2 Å². The number of thioether (sulfide) groups is 1. The molecule has 0 spiro atoms. The van der Waals surface area contributed by atoms with Crippen molar-refractivity contribution in [2.75, 3.05) is 31.9 Å². The lowest BCUT2D eigenvalue weighted by Crippen LogP contribution is -2.41. The Morgan fingerprint density at radius 3 is 2.83 bits per heavy atom. The van der Waals surface area contributed by atoms with Gasteiger partial charge in [0.1, 0.15) is 4.34 Å². The molecule has 0 saturated heterocycles. The maximum Gasteiger partial charge on any atom is 0.223 e. The highest BCUT2D eigenvalue weighted by atomic mass is 127. The van der Waals surface area contributed by atoms with E-state index < -0.39 is 0 Å². The second kappa shape index (κ2) is 12.8. The molecule has 0 unspecified atom stereocenters. The largest absolute Gasteiger partial charge is 0.357 e. The number of guanidine groups is 1. The van der Waals surface area contributed by atoms with Gasteiger partial charge in [-0.2, -0.15) is 0 Å². The molecule has 0 radical (unpaired) electrons. The van der Waals surface area contributed by atoms with Crippen molar-refractivity contribution >= 4 is 58.9 Å². The fourth-order valence-corrected chi connectivity index (χ4v) is 3.53. The number of carbonyl (C=O) groups is 1. The van der Waals surface area contributed by atoms with Gasteiger partial charge in [-0.05, 0) is 26.2 Å². The van der Waals surface area contributed by atoms with Gasteiger partial charge >= 0.3 is 0 Å². The number of halogens is 1. The second-order valence-corrected chi connectivity index (χ2v) is 7.49. The molecule has 1 saturated carbocycles. The minimum absolute atomic E-state index is 0. The lowest BCUT2D eigenvalue weighted by molar-refractivity contribution is -0.122. The Morgan fingerprint density at radius 2 is 2.17 bits per heavy atom. The topological polar surface area (TPSA) is 78.4 Å². The SMILES string of the molecule is CCNC(=NCCCSc1nccs1)NCCNC(=O)C1CC1.I. The number of thiazole rings is 1. The predicted octanol–water partition coefficient (Wildman–Crippen LogP) is 2.32. The van der Waals surface area contributed by atoms with Gasteiger partial charge in [0.05, 0.1) is 0 Å². The number of aromatic nitrogens is 1. The van der Waals surface area contributed by atoms with E-state index >= 15 is 0 Å². The third-order valence-corrected chi connectivity index (χ3v) is 5.27. The lowest BCUT2D eigenvalue weighted by atomic mass is 10.4. The van der Waals surface area contributed by atoms with Crippen molar-refractivity contribution in [3.05, 3.63) is 11.6 Å². The average Bonchev–Trinajstić information content (AvgIpc) is 3.28. The van der Waals surface area contributed by atoms with E-state index in [0.29, 0.717) is 13.1 Å². The number of aliphatic imine (C=N–C) groups is 1. The average molecular weight is 483 g/mol. The van der Waals surface area contributed by atoms with Crippen LogP contribution >= 0.6 is 47.1 Å². The Labute approximate surface area is 169 Å². The van der Waals surface area contributed by atoms with E-state index in [2.05, 4.69) is 25.9 Å². The smallest absolute Gasteiger partial charge is 0.223 e. The molecule has 136 valence electrons. The monoisotopic (exact) mass is 483 g/mol. The molecule has 2 rings (SSSR count). The number of amides is 1. The molecule has 1 fully saturated rings. The fourth-order valence-electron chi connectivity index (χ4n) is 1.89. The minimum Gasteiger partial charge on any atom is -0.357 e. The molecule has 1 aliphatic rings. The summed E-state index contributed by atoms with van der Waals surface area (Å²) in [6, 6.07) is 0. The number of carbonyl (C=O) groups excluding carboxylic acids is 1. The van der Waals surface area contributed by atoms with Crippen LogP contribution in [0.3, 0.4) is 0 Å². The van der Waals surface area contributed by atoms with E-state index in [0.717, 1.165) is 48.4 Å². The maximum absolute atomic E-state index is 11.5. The van der Waals surface area contributed by atoms with Crippen molar-refractivity contribution in [1.82, 2.24) is 20.9 Å². The van der Waals surface area contributed by atoms with Gasteiger partial charge < -0.3 is 16.0 Å². The van der Waals surface area contributed by atoms with Gasteiger partial charge in [-0.15, -0.1) is 35.3 Å². The quantitative estimate of drug-likeness (QED) is 0.157. The van der Waals surface area contributed by atoms with Crippen LogP contribution in [-0.2, 0) is 4.79 Å². The van der Waals surface area contributed by atoms with E-state index in [4.69, 9.17) is 0 Å². The van der Waals surface area contributed by atoms with E-state index in [9.17, 15) is 4.79 Å². The van der Waals surface area contributed by atoms with Crippen LogP contribution in [0.25, 0.3) is 0 Å². The molecule has 1 aliphatic carbocycles. The van der Waals surface area contributed by atoms with Crippen molar-refractivity contribution in [2.24, 2.45) is 10.9 Å². The van der Waals surface area contributed by atoms with Crippen LogP contribution in [0.2, 0.25) is 0 Å². The molecule has 0 bridgehead atoms. The molecule has 3 N–H and O–H groups in total. The lowest BCUT2D eigenvalue weighted by Gasteiger charge is -2.11. The summed E-state index contributed by atoms with van der Waals surface area (Å²) in [4.78, 5) is 20.3. The minimum atomic E-state index is 0. The van der Waals surface area contributed by atoms with Gasteiger partial charge in [0.2, 0.25) is 5.91 Å². The molecular weight excluding hydrogens is 457 g/mol. The van der Waals surface area contributed by atoms with Crippen LogP contribution < -0.4 is 16.0 Å². The van der Waals surface area contributed by atoms with Crippen LogP contribution in [0.15, 0.2) is 20.9 Å². The number of hydrogen-bond acceptors (Lipinski definition) is 5. The van der Waals surface area contributed by atoms with E-state index in [-0.39, 0.29) is 35.8 Å². The summed E-state index contributed by atoms with van der Waals surface area (Å²) in [5.41, 5.74) is 0. The Morgan fingerprint density at radius 1 is 1.38 bits per heavy atom. The van der Waals surface area contributed by atoms with Gasteiger partial charge in [0.25, 0.3) is 0 Å². The van der Waals surface area contributed by atoms with Gasteiger partial charge in [-0.1, -0.05) is 11.8 Å². The van der Waals surface area contributed by atoms with Crippen molar-refractivity contribution in [1.29, 1.82) is 0 Å². The molecule has 9 heteroatoms. The summed E-state index contributed by atoms with van der Waals surface area (Å²) in [5, 5.41) is 11.4. The van der Waals surface area contributed by atoms with E-state index in [1.807, 2.05) is 18.5 Å². The Kier molecular flexibility index (Phi) is 11.4. The zero-order valence-corrected chi connectivity index (χ0v) is 17.9. The van der Waals surface area contributed by atoms with Crippen molar-refractivity contribution in [3.63, 3.8) is 0 Å². The zero-order chi connectivity index (χ0) is 16.3. The molecule has 0 aromatic carbocycles. The Bertz CT molecular complexity index is 494. The Balaban J connectivity index is 0.00000288. The molecule has 1 amide bonds. The van der Waals surface area contributed by atoms with Gasteiger partial charge in [0.15, 0.2) is 5.96 Å². The first-order valence-electron chi connectivity index (χ1n) is 8.11. The number of nitrogens with one attached hydrogen (secondary N) is 3. The molecule has 0 aliphatic heterocycles. The maximum atomic E-state index is 11.5. The van der Waals surface area contributed by atoms with Gasteiger partial charge in [-0.25, -0.2) is 4.98 Å². The summed E-state index contributed by atoms with van der Waals surface area (Å²) < 4.78 is 1.12. The highest BCUT2D eigenvalue weighted by Gasteiger charge is 2.28. The van der Waals surface area contributed by atoms with Gasteiger partial charge in [0, 0.05) is 49.4 Å². The van der Waals surface area contributed by atoms with Crippen molar-refractivity contribution in [3.8, 4) is 0 Å². The zero-order valence-electron chi connectivity index (χ0n) is 13.9. The molecule has 1 aromatic rings. The molecule has 1 heterocycles. The predicted molar refractivity (Wildman–Crippen MR) is 113 cm³/mol. The first kappa shape index (κ1) is 21.5. The summed E-state index contributed by atoms with van der Waals surface area (Å²) >= 11 is 3.45. The van der Waals surface area contributed by atoms with Gasteiger partial charge in [-0.3, -0.25) is 9.79 Å². The molecule has 6 nitrogen and oxygen atoms in total. The van der Waals surface area contributed by atoms with Crippen LogP contribution in [0.5, 0.6) is 0 Å². The first-order valence-corrected chi connectivity index (χ1v) is 9.98. The summed E-state index contributed by atoms with van der Waals surface area (Å²) in [6.07, 6.45) is 4.93. The molecular formula is C15H26IN5OS2.